The number of Topliss-reactive ketones (excluding diaryl/α,β-unsaturated/α-hetero) is 2. The van der Waals surface area contributed by atoms with Crippen molar-refractivity contribution in [1.29, 1.82) is 0 Å². The van der Waals surface area contributed by atoms with Crippen LogP contribution in [0.25, 0.3) is 0 Å². The van der Waals surface area contributed by atoms with E-state index < -0.39 is 0 Å². The molecule has 0 heterocycles. The van der Waals surface area contributed by atoms with Crippen molar-refractivity contribution in [3.63, 3.8) is 0 Å². The minimum absolute atomic E-state index is 0.0144. The van der Waals surface area contributed by atoms with Crippen molar-refractivity contribution >= 4 is 11.6 Å². The predicted molar refractivity (Wildman–Crippen MR) is 46.7 cm³/mol. The molecule has 0 aromatic heterocycles. The van der Waals surface area contributed by atoms with Crippen LogP contribution in [0, 0.1) is 0 Å². The molecule has 0 aromatic rings. The van der Waals surface area contributed by atoms with Crippen LogP contribution in [0.15, 0.2) is 36.5 Å². The highest BCUT2D eigenvalue weighted by Gasteiger charge is 2.24. The van der Waals surface area contributed by atoms with Crippen molar-refractivity contribution in [2.24, 2.45) is 0 Å². The summed E-state index contributed by atoms with van der Waals surface area (Å²) in [6, 6.07) is 0. The molecule has 0 atom stereocenters. The van der Waals surface area contributed by atoms with Crippen LogP contribution in [0.1, 0.15) is 12.8 Å². The Balaban J connectivity index is 3.01. The molecule has 0 amide bonds. The second-order valence-corrected chi connectivity index (χ2v) is 2.64. The fourth-order valence-electron chi connectivity index (χ4n) is 1.14. The zero-order chi connectivity index (χ0) is 9.14. The summed E-state index contributed by atoms with van der Waals surface area (Å²) in [7, 11) is 0. The summed E-state index contributed by atoms with van der Waals surface area (Å²) in [5.41, 5.74) is 0.743. The Bertz CT molecular complexity index is 295. The van der Waals surface area contributed by atoms with E-state index in [1.54, 1.807) is 6.08 Å². The highest BCUT2D eigenvalue weighted by atomic mass is 16.1. The number of carbonyl (C=O) groups excluding carboxylic acids is 2. The van der Waals surface area contributed by atoms with Gasteiger partial charge in [0.05, 0.1) is 0 Å². The van der Waals surface area contributed by atoms with Crippen molar-refractivity contribution in [2.75, 3.05) is 0 Å². The average molecular weight is 162 g/mol. The van der Waals surface area contributed by atoms with E-state index in [-0.39, 0.29) is 11.6 Å². The third-order valence-electron chi connectivity index (χ3n) is 1.83. The summed E-state index contributed by atoms with van der Waals surface area (Å²) in [4.78, 5) is 22.3. The Morgan fingerprint density at radius 3 is 2.33 bits per heavy atom. The Kier molecular flexibility index (Phi) is 2.38. The Hall–Kier alpha value is -1.44. The van der Waals surface area contributed by atoms with Gasteiger partial charge in [-0.25, -0.2) is 0 Å². The average Bonchev–Trinajstić information content (AvgIpc) is 2.06. The van der Waals surface area contributed by atoms with E-state index in [9.17, 15) is 9.59 Å². The lowest BCUT2D eigenvalue weighted by atomic mass is 9.88. The van der Waals surface area contributed by atoms with E-state index in [0.717, 1.165) is 0 Å². The van der Waals surface area contributed by atoms with Gasteiger partial charge in [0.25, 0.3) is 0 Å². The molecule has 1 aliphatic carbocycles. The molecular formula is C10H10O2. The molecule has 62 valence electrons. The maximum atomic E-state index is 11.2. The third-order valence-corrected chi connectivity index (χ3v) is 1.83. The Morgan fingerprint density at radius 1 is 1.17 bits per heavy atom. The van der Waals surface area contributed by atoms with Crippen LogP contribution in [0.5, 0.6) is 0 Å². The molecule has 1 rings (SSSR count). The second kappa shape index (κ2) is 3.30. The first-order valence-electron chi connectivity index (χ1n) is 3.75. The molecule has 0 radical (unpaired) electrons. The summed E-state index contributed by atoms with van der Waals surface area (Å²) in [5.74, 6) is -0.0535. The van der Waals surface area contributed by atoms with Crippen molar-refractivity contribution in [3.8, 4) is 0 Å². The van der Waals surface area contributed by atoms with Gasteiger partial charge >= 0.3 is 0 Å². The first kappa shape index (κ1) is 8.65. The smallest absolute Gasteiger partial charge is 0.164 e. The summed E-state index contributed by atoms with van der Waals surface area (Å²) in [6.45, 7) is 7.03. The number of rotatable bonds is 1. The SMILES string of the molecule is C=C/C=C1\C(=C)C(=O)CCC1=O. The zero-order valence-electron chi connectivity index (χ0n) is 6.80. The number of ketones is 2. The molecule has 0 aliphatic heterocycles. The summed E-state index contributed by atoms with van der Waals surface area (Å²) >= 11 is 0. The lowest BCUT2D eigenvalue weighted by Gasteiger charge is -2.13. The highest BCUT2D eigenvalue weighted by Crippen LogP contribution is 2.21. The van der Waals surface area contributed by atoms with Crippen molar-refractivity contribution < 1.29 is 9.59 Å². The standard InChI is InChI=1S/C10H10O2/c1-3-4-8-7(2)9(11)5-6-10(8)12/h3-4H,1-2,5-6H2/b8-4+. The van der Waals surface area contributed by atoms with Crippen LogP contribution in [0.3, 0.4) is 0 Å². The molecule has 1 aliphatic rings. The summed E-state index contributed by atoms with van der Waals surface area (Å²) in [6.07, 6.45) is 3.64. The van der Waals surface area contributed by atoms with Crippen molar-refractivity contribution in [2.45, 2.75) is 12.8 Å². The zero-order valence-corrected chi connectivity index (χ0v) is 6.80. The van der Waals surface area contributed by atoms with Crippen LogP contribution >= 0.6 is 0 Å². The number of allylic oxidation sites excluding steroid dienone is 4. The topological polar surface area (TPSA) is 34.1 Å². The number of carbonyl (C=O) groups is 2. The van der Waals surface area contributed by atoms with Gasteiger partial charge in [0.2, 0.25) is 0 Å². The highest BCUT2D eigenvalue weighted by molar-refractivity contribution is 6.16. The molecule has 0 unspecified atom stereocenters. The minimum atomic E-state index is -0.0392. The van der Waals surface area contributed by atoms with Gasteiger partial charge in [-0.05, 0) is 0 Å². The first-order chi connectivity index (χ1) is 5.66. The summed E-state index contributed by atoms with van der Waals surface area (Å²) in [5, 5.41) is 0. The van der Waals surface area contributed by atoms with Crippen LogP contribution in [0.4, 0.5) is 0 Å². The fraction of sp³-hybridized carbons (Fsp3) is 0.200. The van der Waals surface area contributed by atoms with Crippen LogP contribution in [-0.2, 0) is 9.59 Å². The first-order valence-corrected chi connectivity index (χ1v) is 3.75. The van der Waals surface area contributed by atoms with Crippen LogP contribution in [-0.4, -0.2) is 11.6 Å². The van der Waals surface area contributed by atoms with Gasteiger partial charge in [0, 0.05) is 24.0 Å². The van der Waals surface area contributed by atoms with Gasteiger partial charge < -0.3 is 0 Å². The van der Waals surface area contributed by atoms with E-state index >= 15 is 0 Å². The minimum Gasteiger partial charge on any atom is -0.294 e. The molecule has 2 nitrogen and oxygen atoms in total. The van der Waals surface area contributed by atoms with E-state index in [0.29, 0.717) is 24.0 Å². The maximum Gasteiger partial charge on any atom is 0.164 e. The maximum absolute atomic E-state index is 11.2. The van der Waals surface area contributed by atoms with Gasteiger partial charge in [-0.1, -0.05) is 25.3 Å². The number of hydrogen-bond acceptors (Lipinski definition) is 2. The largest absolute Gasteiger partial charge is 0.294 e. The molecule has 0 N–H and O–H groups in total. The van der Waals surface area contributed by atoms with Gasteiger partial charge in [-0.3, -0.25) is 9.59 Å². The Morgan fingerprint density at radius 2 is 1.75 bits per heavy atom. The van der Waals surface area contributed by atoms with E-state index in [1.165, 1.54) is 6.08 Å². The van der Waals surface area contributed by atoms with Gasteiger partial charge in [-0.15, -0.1) is 0 Å². The summed E-state index contributed by atoms with van der Waals surface area (Å²) < 4.78 is 0. The van der Waals surface area contributed by atoms with Gasteiger partial charge in [0.1, 0.15) is 0 Å². The molecular weight excluding hydrogens is 152 g/mol. The van der Waals surface area contributed by atoms with Crippen LogP contribution < -0.4 is 0 Å². The Labute approximate surface area is 71.3 Å². The predicted octanol–water partition coefficient (Wildman–Crippen LogP) is 1.59. The normalized spacial score (nSPS) is 21.7. The quantitative estimate of drug-likeness (QED) is 0.548. The third kappa shape index (κ3) is 1.42. The number of hydrogen-bond donors (Lipinski definition) is 0. The van der Waals surface area contributed by atoms with Crippen LogP contribution in [0.2, 0.25) is 0 Å². The fourth-order valence-corrected chi connectivity index (χ4v) is 1.14. The molecule has 0 saturated heterocycles. The van der Waals surface area contributed by atoms with Gasteiger partial charge in [0.15, 0.2) is 11.6 Å². The second-order valence-electron chi connectivity index (χ2n) is 2.64. The molecule has 1 saturated carbocycles. The van der Waals surface area contributed by atoms with Crippen molar-refractivity contribution in [3.05, 3.63) is 36.5 Å². The van der Waals surface area contributed by atoms with Gasteiger partial charge in [-0.2, -0.15) is 0 Å². The molecule has 12 heavy (non-hydrogen) atoms. The van der Waals surface area contributed by atoms with Crippen molar-refractivity contribution in [1.82, 2.24) is 0 Å². The molecule has 0 spiro atoms. The van der Waals surface area contributed by atoms with E-state index in [4.69, 9.17) is 0 Å². The lowest BCUT2D eigenvalue weighted by molar-refractivity contribution is -0.122. The lowest BCUT2D eigenvalue weighted by Crippen LogP contribution is -2.18. The molecule has 0 bridgehead atoms. The van der Waals surface area contributed by atoms with E-state index in [1.807, 2.05) is 0 Å². The molecule has 2 heteroatoms. The molecule has 0 aromatic carbocycles. The monoisotopic (exact) mass is 162 g/mol. The molecule has 1 fully saturated rings. The van der Waals surface area contributed by atoms with E-state index in [2.05, 4.69) is 13.2 Å².